The van der Waals surface area contributed by atoms with E-state index in [1.165, 1.54) is 16.4 Å². The van der Waals surface area contributed by atoms with Crippen LogP contribution in [0.4, 0.5) is 11.4 Å². The van der Waals surface area contributed by atoms with E-state index >= 15 is 0 Å². The molecule has 0 saturated carbocycles. The van der Waals surface area contributed by atoms with Crippen molar-refractivity contribution in [3.8, 4) is 0 Å². The van der Waals surface area contributed by atoms with Gasteiger partial charge in [-0.2, -0.15) is 4.31 Å². The van der Waals surface area contributed by atoms with Gasteiger partial charge in [0.1, 0.15) is 5.02 Å². The second-order valence-electron chi connectivity index (χ2n) is 9.31. The Morgan fingerprint density at radius 1 is 0.925 bits per heavy atom. The highest BCUT2D eigenvalue weighted by atomic mass is 35.5. The summed E-state index contributed by atoms with van der Waals surface area (Å²) >= 11 is 12.2. The summed E-state index contributed by atoms with van der Waals surface area (Å²) in [5, 5.41) is 11.8. The number of sulfonamides is 1. The van der Waals surface area contributed by atoms with Crippen LogP contribution < -0.4 is 4.90 Å². The Kier molecular flexibility index (Phi) is 8.22. The van der Waals surface area contributed by atoms with E-state index in [2.05, 4.69) is 16.0 Å². The molecule has 0 bridgehead atoms. The lowest BCUT2D eigenvalue weighted by Gasteiger charge is -2.35. The van der Waals surface area contributed by atoms with Crippen molar-refractivity contribution in [2.45, 2.75) is 11.4 Å². The predicted molar refractivity (Wildman–Crippen MR) is 157 cm³/mol. The number of hydrogen-bond acceptors (Lipinski definition) is 6. The fourth-order valence-corrected chi connectivity index (χ4v) is 6.47. The third-order valence-corrected chi connectivity index (χ3v) is 9.05. The predicted octanol–water partition coefficient (Wildman–Crippen LogP) is 5.83. The number of hydrogen-bond donors (Lipinski definition) is 0. The maximum absolute atomic E-state index is 13.1. The van der Waals surface area contributed by atoms with Crippen molar-refractivity contribution < 1.29 is 13.3 Å². The Labute approximate surface area is 242 Å². The zero-order valence-electron chi connectivity index (χ0n) is 21.2. The molecule has 1 aliphatic heterocycles. The third kappa shape index (κ3) is 6.37. The molecule has 12 heteroatoms. The number of benzene rings is 3. The number of nitro benzene ring substituents is 1. The van der Waals surface area contributed by atoms with Crippen LogP contribution in [0.1, 0.15) is 16.7 Å². The molecule has 0 aliphatic carbocycles. The number of nitrogens with zero attached hydrogens (tertiary/aromatic N) is 5. The number of rotatable bonds is 8. The second-order valence-corrected chi connectivity index (χ2v) is 12.1. The van der Waals surface area contributed by atoms with Crippen LogP contribution in [0, 0.1) is 10.1 Å². The lowest BCUT2D eigenvalue weighted by molar-refractivity contribution is -0.384. The first-order chi connectivity index (χ1) is 19.2. The maximum Gasteiger partial charge on any atom is 0.289 e. The molecule has 9 nitrogen and oxygen atoms in total. The van der Waals surface area contributed by atoms with Crippen molar-refractivity contribution in [2.75, 3.05) is 31.1 Å². The van der Waals surface area contributed by atoms with Crippen LogP contribution in [0.15, 0.2) is 84.3 Å². The van der Waals surface area contributed by atoms with Crippen molar-refractivity contribution in [3.05, 3.63) is 116 Å². The van der Waals surface area contributed by atoms with Crippen molar-refractivity contribution in [1.29, 1.82) is 0 Å². The fourth-order valence-electron chi connectivity index (χ4n) is 4.57. The van der Waals surface area contributed by atoms with Crippen LogP contribution in [0.25, 0.3) is 12.2 Å². The lowest BCUT2D eigenvalue weighted by Crippen LogP contribution is -2.48. The monoisotopic (exact) mass is 597 g/mol. The molecule has 40 heavy (non-hydrogen) atoms. The minimum absolute atomic E-state index is 0.102. The molecule has 0 N–H and O–H groups in total. The molecule has 5 rings (SSSR count). The van der Waals surface area contributed by atoms with Gasteiger partial charge in [-0.15, -0.1) is 0 Å². The van der Waals surface area contributed by atoms with Gasteiger partial charge >= 0.3 is 0 Å². The molecule has 4 aromatic rings. The number of imidazole rings is 1. The Hall–Kier alpha value is -3.70. The highest BCUT2D eigenvalue weighted by Crippen LogP contribution is 2.29. The van der Waals surface area contributed by atoms with Crippen LogP contribution in [0.5, 0.6) is 0 Å². The van der Waals surface area contributed by atoms with Crippen molar-refractivity contribution in [1.82, 2.24) is 13.9 Å². The van der Waals surface area contributed by atoms with E-state index in [1.54, 1.807) is 12.5 Å². The topological polar surface area (TPSA) is 102 Å². The number of aromatic nitrogens is 2. The molecule has 1 aromatic heterocycles. The zero-order valence-corrected chi connectivity index (χ0v) is 23.6. The number of anilines is 1. The van der Waals surface area contributed by atoms with Crippen LogP contribution in [0.3, 0.4) is 0 Å². The summed E-state index contributed by atoms with van der Waals surface area (Å²) in [4.78, 5) is 16.6. The largest absolute Gasteiger partial charge is 0.369 e. The first-order valence-corrected chi connectivity index (χ1v) is 14.6. The van der Waals surface area contributed by atoms with E-state index in [4.69, 9.17) is 23.2 Å². The van der Waals surface area contributed by atoms with E-state index in [-0.39, 0.29) is 23.0 Å². The average Bonchev–Trinajstić information content (AvgIpc) is 3.45. The van der Waals surface area contributed by atoms with E-state index < -0.39 is 20.6 Å². The van der Waals surface area contributed by atoms with Crippen molar-refractivity contribution in [3.63, 3.8) is 0 Å². The summed E-state index contributed by atoms with van der Waals surface area (Å²) < 4.78 is 29.5. The van der Waals surface area contributed by atoms with Crippen LogP contribution in [-0.4, -0.2) is 53.4 Å². The van der Waals surface area contributed by atoms with E-state index in [1.807, 2.05) is 59.3 Å². The van der Waals surface area contributed by atoms with E-state index in [0.29, 0.717) is 24.7 Å². The molecular formula is C28H25Cl2N5O4S. The molecule has 0 radical (unpaired) electrons. The van der Waals surface area contributed by atoms with Gasteiger partial charge in [0.05, 0.1) is 16.1 Å². The minimum atomic E-state index is -3.88. The number of nitro groups is 1. The summed E-state index contributed by atoms with van der Waals surface area (Å²) in [6.45, 7) is 2.19. The van der Waals surface area contributed by atoms with Gasteiger partial charge in [0, 0.05) is 61.9 Å². The Bertz CT molecular complexity index is 1650. The smallest absolute Gasteiger partial charge is 0.289 e. The van der Waals surface area contributed by atoms with Crippen LogP contribution in [-0.2, 0) is 16.6 Å². The normalized spacial score (nSPS) is 14.6. The summed E-state index contributed by atoms with van der Waals surface area (Å²) in [5.74, 6) is 0. The van der Waals surface area contributed by atoms with Gasteiger partial charge in [-0.3, -0.25) is 10.1 Å². The average molecular weight is 599 g/mol. The second kappa shape index (κ2) is 11.8. The highest BCUT2D eigenvalue weighted by Gasteiger charge is 2.30. The Morgan fingerprint density at radius 2 is 1.65 bits per heavy atom. The molecule has 0 unspecified atom stereocenters. The molecule has 0 atom stereocenters. The number of piperazine rings is 1. The van der Waals surface area contributed by atoms with Crippen molar-refractivity contribution >= 4 is 56.8 Å². The fraction of sp³-hybridized carbons (Fsp3) is 0.179. The van der Waals surface area contributed by atoms with Gasteiger partial charge in [0.25, 0.3) is 5.69 Å². The standard InChI is InChI=1S/C28H25Cl2N5O4S/c29-24-16-22(15-23(17-24)19-32-10-9-31-20-32)2-1-21-3-5-25(6-4-21)33-11-13-34(14-12-33)40(38,39)26-7-8-27(30)28(18-26)35(36)37/h1-10,15-18,20H,11-14,19H2. The zero-order chi connectivity index (χ0) is 28.3. The highest BCUT2D eigenvalue weighted by molar-refractivity contribution is 7.89. The molecule has 2 heterocycles. The van der Waals surface area contributed by atoms with Gasteiger partial charge in [0.15, 0.2) is 0 Å². The third-order valence-electron chi connectivity index (χ3n) is 6.62. The molecule has 3 aromatic carbocycles. The maximum atomic E-state index is 13.1. The first kappa shape index (κ1) is 27.9. The van der Waals surface area contributed by atoms with Gasteiger partial charge in [-0.1, -0.05) is 47.5 Å². The van der Waals surface area contributed by atoms with Crippen molar-refractivity contribution in [2.24, 2.45) is 0 Å². The minimum Gasteiger partial charge on any atom is -0.369 e. The summed E-state index contributed by atoms with van der Waals surface area (Å²) in [6, 6.07) is 17.5. The van der Waals surface area contributed by atoms with Gasteiger partial charge in [0.2, 0.25) is 10.0 Å². The van der Waals surface area contributed by atoms with Gasteiger partial charge in [-0.05, 0) is 59.2 Å². The van der Waals surface area contributed by atoms with Crippen LogP contribution in [0.2, 0.25) is 10.0 Å². The van der Waals surface area contributed by atoms with E-state index in [9.17, 15) is 18.5 Å². The Morgan fingerprint density at radius 3 is 2.33 bits per heavy atom. The van der Waals surface area contributed by atoms with Crippen LogP contribution >= 0.6 is 23.2 Å². The molecule has 1 fully saturated rings. The first-order valence-electron chi connectivity index (χ1n) is 12.4. The summed E-state index contributed by atoms with van der Waals surface area (Å²) in [5.41, 5.74) is 3.65. The van der Waals surface area contributed by atoms with Gasteiger partial charge in [-0.25, -0.2) is 13.4 Å². The molecule has 0 amide bonds. The molecular weight excluding hydrogens is 573 g/mol. The number of halogens is 2. The SMILES string of the molecule is O=[N+]([O-])c1cc(S(=O)(=O)N2CCN(c3ccc(C=Cc4cc(Cl)cc(Cn5ccnc5)c4)cc3)CC2)ccc1Cl. The lowest BCUT2D eigenvalue weighted by atomic mass is 10.1. The van der Waals surface area contributed by atoms with E-state index in [0.717, 1.165) is 28.4 Å². The summed E-state index contributed by atoms with van der Waals surface area (Å²) in [6.07, 6.45) is 9.46. The molecule has 0 spiro atoms. The molecule has 1 aliphatic rings. The molecule has 1 saturated heterocycles. The van der Waals surface area contributed by atoms with Gasteiger partial charge < -0.3 is 9.47 Å². The summed E-state index contributed by atoms with van der Waals surface area (Å²) in [7, 11) is -3.88. The Balaban J connectivity index is 1.21. The molecule has 206 valence electrons. The quantitative estimate of drug-likeness (QED) is 0.144.